The topological polar surface area (TPSA) is 109 Å². The minimum absolute atomic E-state index is 0.0275. The molecule has 0 saturated heterocycles. The summed E-state index contributed by atoms with van der Waals surface area (Å²) >= 11 is 0. The number of amides is 1. The Morgan fingerprint density at radius 2 is 1.94 bits per heavy atom. The number of carbonyl (C=O) groups is 1. The summed E-state index contributed by atoms with van der Waals surface area (Å²) in [6, 6.07) is 1.88. The fourth-order valence-electron chi connectivity index (χ4n) is 3.92. The molecule has 4 heterocycles. The third-order valence-electron chi connectivity index (χ3n) is 6.01. The van der Waals surface area contributed by atoms with Crippen molar-refractivity contribution in [1.29, 1.82) is 0 Å². The Labute approximate surface area is 200 Å². The largest absolute Gasteiger partial charge is 0.433 e. The number of pyridine rings is 1. The number of halogens is 3. The number of aliphatic hydroxyl groups is 1. The number of likely N-dealkylation sites (N-methyl/N-ethyl adjacent to an activating group) is 1. The minimum atomic E-state index is -4.59. The molecule has 12 heteroatoms. The van der Waals surface area contributed by atoms with E-state index in [0.29, 0.717) is 41.4 Å². The summed E-state index contributed by atoms with van der Waals surface area (Å²) < 4.78 is 40.6. The first-order chi connectivity index (χ1) is 16.4. The lowest BCUT2D eigenvalue weighted by atomic mass is 10.1. The molecule has 0 unspecified atom stereocenters. The predicted molar refractivity (Wildman–Crippen MR) is 122 cm³/mol. The average Bonchev–Trinajstić information content (AvgIpc) is 3.23. The van der Waals surface area contributed by atoms with Crippen molar-refractivity contribution >= 4 is 17.4 Å². The second kappa shape index (κ2) is 9.25. The lowest BCUT2D eigenvalue weighted by Crippen LogP contribution is -2.45. The zero-order valence-corrected chi connectivity index (χ0v) is 19.8. The summed E-state index contributed by atoms with van der Waals surface area (Å²) in [5.74, 6) is 1.21. The number of rotatable bonds is 6. The molecular formula is C23H26F3N7O2. The second-order valence-corrected chi connectivity index (χ2v) is 8.66. The second-order valence-electron chi connectivity index (χ2n) is 8.66. The molecule has 3 aromatic rings. The molecule has 2 N–H and O–H groups in total. The van der Waals surface area contributed by atoms with Gasteiger partial charge in [0.2, 0.25) is 5.91 Å². The van der Waals surface area contributed by atoms with Crippen LogP contribution in [0.25, 0.3) is 0 Å². The number of nitrogens with one attached hydrogen (secondary N) is 1. The number of nitrogens with zero attached hydrogens (tertiary/aromatic N) is 6. The van der Waals surface area contributed by atoms with Crippen molar-refractivity contribution in [3.8, 4) is 0 Å². The van der Waals surface area contributed by atoms with Crippen LogP contribution in [0.1, 0.15) is 54.0 Å². The van der Waals surface area contributed by atoms with E-state index in [9.17, 15) is 23.1 Å². The van der Waals surface area contributed by atoms with E-state index in [1.807, 2.05) is 18.9 Å². The molecule has 35 heavy (non-hydrogen) atoms. The summed E-state index contributed by atoms with van der Waals surface area (Å²) in [5.41, 5.74) is 1.59. The van der Waals surface area contributed by atoms with E-state index >= 15 is 0 Å². The SMILES string of the molecule is Cc1nc(CCc2cnn(Cc3ccc(C(F)(F)F)nc3[C@@H](C)O)c2)nc2c1NC(=O)[C@H](C)N2C. The van der Waals surface area contributed by atoms with Gasteiger partial charge >= 0.3 is 6.18 Å². The molecule has 1 aliphatic rings. The summed E-state index contributed by atoms with van der Waals surface area (Å²) in [5, 5.41) is 17.1. The predicted octanol–water partition coefficient (Wildman–Crippen LogP) is 3.06. The molecular weight excluding hydrogens is 463 g/mol. The monoisotopic (exact) mass is 489 g/mol. The summed E-state index contributed by atoms with van der Waals surface area (Å²) in [6.07, 6.45) is -1.13. The number of fused-ring (bicyclic) bond motifs is 1. The van der Waals surface area contributed by atoms with E-state index in [-0.39, 0.29) is 24.2 Å². The van der Waals surface area contributed by atoms with Crippen LogP contribution in [-0.4, -0.2) is 48.8 Å². The normalized spacial score (nSPS) is 16.7. The fourth-order valence-corrected chi connectivity index (χ4v) is 3.92. The van der Waals surface area contributed by atoms with Crippen LogP contribution >= 0.6 is 0 Å². The summed E-state index contributed by atoms with van der Waals surface area (Å²) in [7, 11) is 1.82. The molecule has 0 radical (unpaired) electrons. The van der Waals surface area contributed by atoms with Crippen LogP contribution in [0.4, 0.5) is 24.7 Å². The molecule has 0 aliphatic carbocycles. The first-order valence-corrected chi connectivity index (χ1v) is 11.1. The van der Waals surface area contributed by atoms with Crippen molar-refractivity contribution < 1.29 is 23.1 Å². The van der Waals surface area contributed by atoms with Crippen molar-refractivity contribution in [2.24, 2.45) is 0 Å². The van der Waals surface area contributed by atoms with Crippen LogP contribution in [0.5, 0.6) is 0 Å². The van der Waals surface area contributed by atoms with Gasteiger partial charge in [-0.05, 0) is 44.4 Å². The number of hydrogen-bond acceptors (Lipinski definition) is 7. The smallest absolute Gasteiger partial charge is 0.387 e. The third-order valence-corrected chi connectivity index (χ3v) is 6.01. The Hall–Kier alpha value is -3.54. The molecule has 0 saturated carbocycles. The molecule has 1 aliphatic heterocycles. The van der Waals surface area contributed by atoms with E-state index in [0.717, 1.165) is 11.6 Å². The van der Waals surface area contributed by atoms with Crippen molar-refractivity contribution in [3.05, 3.63) is 58.6 Å². The van der Waals surface area contributed by atoms with Gasteiger partial charge in [0.1, 0.15) is 23.2 Å². The lowest BCUT2D eigenvalue weighted by molar-refractivity contribution is -0.141. The maximum absolute atomic E-state index is 13.0. The molecule has 3 aromatic heterocycles. The highest BCUT2D eigenvalue weighted by Crippen LogP contribution is 2.32. The Kier molecular flexibility index (Phi) is 6.50. The molecule has 2 atom stereocenters. The van der Waals surface area contributed by atoms with Gasteiger partial charge < -0.3 is 15.3 Å². The van der Waals surface area contributed by atoms with E-state index in [1.165, 1.54) is 13.0 Å². The first-order valence-electron chi connectivity index (χ1n) is 11.1. The number of carbonyl (C=O) groups excluding carboxylic acids is 1. The highest BCUT2D eigenvalue weighted by molar-refractivity contribution is 6.02. The van der Waals surface area contributed by atoms with Crippen molar-refractivity contribution in [2.45, 2.75) is 58.5 Å². The fraction of sp³-hybridized carbons (Fsp3) is 0.435. The number of alkyl halides is 3. The third kappa shape index (κ3) is 5.11. The van der Waals surface area contributed by atoms with Gasteiger partial charge in [-0.3, -0.25) is 9.48 Å². The Balaban J connectivity index is 1.47. The van der Waals surface area contributed by atoms with E-state index in [2.05, 4.69) is 25.4 Å². The highest BCUT2D eigenvalue weighted by Gasteiger charge is 2.33. The maximum Gasteiger partial charge on any atom is 0.433 e. The zero-order chi connectivity index (χ0) is 25.5. The quantitative estimate of drug-likeness (QED) is 0.548. The maximum atomic E-state index is 13.0. The van der Waals surface area contributed by atoms with Crippen LogP contribution in [0, 0.1) is 6.92 Å². The summed E-state index contributed by atoms with van der Waals surface area (Å²) in [6.45, 7) is 5.18. The Morgan fingerprint density at radius 1 is 1.20 bits per heavy atom. The standard InChI is InChI=1S/C23H26F3N7O2/c1-12-19-21(32(4)13(2)22(35)31-19)30-18(28-12)8-5-15-9-27-33(10-15)11-16-6-7-17(23(24,25)26)29-20(16)14(3)34/h6-7,9-10,13-14,34H,5,8,11H2,1-4H3,(H,31,35)/t13-,14+/m0/s1. The number of aryl methyl sites for hydroxylation is 3. The molecule has 4 rings (SSSR count). The lowest BCUT2D eigenvalue weighted by Gasteiger charge is -2.32. The number of anilines is 2. The van der Waals surface area contributed by atoms with Crippen LogP contribution in [0.15, 0.2) is 24.5 Å². The van der Waals surface area contributed by atoms with Gasteiger partial charge in [-0.1, -0.05) is 6.07 Å². The van der Waals surface area contributed by atoms with Gasteiger partial charge in [0.15, 0.2) is 5.82 Å². The van der Waals surface area contributed by atoms with Gasteiger partial charge in [-0.2, -0.15) is 18.3 Å². The average molecular weight is 490 g/mol. The molecule has 9 nitrogen and oxygen atoms in total. The minimum Gasteiger partial charge on any atom is -0.387 e. The van der Waals surface area contributed by atoms with Crippen LogP contribution in [0.3, 0.4) is 0 Å². The van der Waals surface area contributed by atoms with Gasteiger partial charge in [0, 0.05) is 19.7 Å². The van der Waals surface area contributed by atoms with Crippen molar-refractivity contribution in [2.75, 3.05) is 17.3 Å². The zero-order valence-electron chi connectivity index (χ0n) is 19.8. The van der Waals surface area contributed by atoms with Crippen molar-refractivity contribution in [1.82, 2.24) is 24.7 Å². The van der Waals surface area contributed by atoms with Gasteiger partial charge in [-0.25, -0.2) is 15.0 Å². The Bertz CT molecular complexity index is 1260. The molecule has 0 bridgehead atoms. The molecule has 0 fully saturated rings. The number of hydrogen-bond donors (Lipinski definition) is 2. The molecule has 186 valence electrons. The number of aliphatic hydroxyl groups excluding tert-OH is 1. The van der Waals surface area contributed by atoms with Crippen LogP contribution < -0.4 is 10.2 Å². The van der Waals surface area contributed by atoms with Gasteiger partial charge in [0.25, 0.3) is 0 Å². The van der Waals surface area contributed by atoms with E-state index in [4.69, 9.17) is 0 Å². The van der Waals surface area contributed by atoms with Gasteiger partial charge in [-0.15, -0.1) is 0 Å². The number of aromatic nitrogens is 5. The van der Waals surface area contributed by atoms with Crippen molar-refractivity contribution in [3.63, 3.8) is 0 Å². The van der Waals surface area contributed by atoms with E-state index < -0.39 is 18.0 Å². The highest BCUT2D eigenvalue weighted by atomic mass is 19.4. The van der Waals surface area contributed by atoms with Gasteiger partial charge in [0.05, 0.1) is 30.2 Å². The van der Waals surface area contributed by atoms with Crippen LogP contribution in [0.2, 0.25) is 0 Å². The summed E-state index contributed by atoms with van der Waals surface area (Å²) in [4.78, 5) is 26.7. The van der Waals surface area contributed by atoms with Crippen LogP contribution in [-0.2, 0) is 30.4 Å². The molecule has 1 amide bonds. The first kappa shape index (κ1) is 24.6. The molecule has 0 aromatic carbocycles. The molecule has 0 spiro atoms. The van der Waals surface area contributed by atoms with E-state index in [1.54, 1.807) is 24.0 Å². The Morgan fingerprint density at radius 3 is 2.63 bits per heavy atom.